The van der Waals surface area contributed by atoms with Crippen molar-refractivity contribution in [3.8, 4) is 0 Å². The number of hydrogen-bond acceptors (Lipinski definition) is 1. The standard InChI is InChI=1S/C30H50O/c1-18(2)21(5)19(3)17-20(4)24-11-12-26-23-9-10-25-22(6)28(31)14-16-30(25,8)27(23)13-15-29(24,26)7/h10,17-18,20-24,26-28,31H,9,11-16H2,1-8H3/b19-17+/t20-,21-,22+,23?,24?,26?,27?,28+,29-,30+/m1/s1. The summed E-state index contributed by atoms with van der Waals surface area (Å²) >= 11 is 0. The van der Waals surface area contributed by atoms with Crippen LogP contribution in [0.15, 0.2) is 23.3 Å². The smallest absolute Gasteiger partial charge is 0.0603 e. The fraction of sp³-hybridized carbons (Fsp3) is 0.867. The van der Waals surface area contributed by atoms with Gasteiger partial charge in [0.25, 0.3) is 0 Å². The summed E-state index contributed by atoms with van der Waals surface area (Å²) in [6.07, 6.45) is 14.3. The van der Waals surface area contributed by atoms with Crippen molar-refractivity contribution < 1.29 is 5.11 Å². The first-order valence-corrected chi connectivity index (χ1v) is 13.6. The van der Waals surface area contributed by atoms with Gasteiger partial charge in [0.15, 0.2) is 0 Å². The number of hydrogen-bond donors (Lipinski definition) is 1. The maximum Gasteiger partial charge on any atom is 0.0603 e. The van der Waals surface area contributed by atoms with Crippen LogP contribution in [0, 0.1) is 58.2 Å². The Labute approximate surface area is 193 Å². The van der Waals surface area contributed by atoms with Gasteiger partial charge in [-0.15, -0.1) is 0 Å². The van der Waals surface area contributed by atoms with Crippen molar-refractivity contribution in [2.24, 2.45) is 58.2 Å². The van der Waals surface area contributed by atoms with E-state index in [4.69, 9.17) is 0 Å². The van der Waals surface area contributed by atoms with E-state index in [-0.39, 0.29) is 6.10 Å². The van der Waals surface area contributed by atoms with Crippen LogP contribution in [0.1, 0.15) is 100 Å². The first-order chi connectivity index (χ1) is 14.5. The van der Waals surface area contributed by atoms with Crippen LogP contribution >= 0.6 is 0 Å². The van der Waals surface area contributed by atoms with Gasteiger partial charge in [-0.1, -0.05) is 71.8 Å². The second-order valence-corrected chi connectivity index (χ2v) is 13.1. The van der Waals surface area contributed by atoms with Gasteiger partial charge in [-0.05, 0) is 104 Å². The summed E-state index contributed by atoms with van der Waals surface area (Å²) in [5.41, 5.74) is 4.08. The van der Waals surface area contributed by atoms with Crippen molar-refractivity contribution in [2.75, 3.05) is 0 Å². The lowest BCUT2D eigenvalue weighted by Gasteiger charge is -2.59. The van der Waals surface area contributed by atoms with Gasteiger partial charge in [0.1, 0.15) is 0 Å². The molecule has 0 amide bonds. The minimum absolute atomic E-state index is 0.121. The Morgan fingerprint density at radius 2 is 1.74 bits per heavy atom. The number of aliphatic hydroxyl groups excluding tert-OH is 1. The Kier molecular flexibility index (Phi) is 6.35. The minimum Gasteiger partial charge on any atom is -0.393 e. The molecule has 0 heterocycles. The van der Waals surface area contributed by atoms with E-state index in [1.807, 2.05) is 0 Å². The van der Waals surface area contributed by atoms with E-state index in [1.54, 1.807) is 11.1 Å². The number of allylic oxidation sites excluding steroid dienone is 3. The van der Waals surface area contributed by atoms with Crippen molar-refractivity contribution in [2.45, 2.75) is 106 Å². The Bertz CT molecular complexity index is 731. The number of fused-ring (bicyclic) bond motifs is 5. The molecule has 0 aromatic carbocycles. The maximum absolute atomic E-state index is 10.5. The first kappa shape index (κ1) is 23.6. The van der Waals surface area contributed by atoms with E-state index < -0.39 is 0 Å². The third-order valence-corrected chi connectivity index (χ3v) is 11.5. The molecule has 176 valence electrons. The predicted octanol–water partition coefficient (Wildman–Crippen LogP) is 8.05. The average molecular weight is 427 g/mol. The Morgan fingerprint density at radius 1 is 1.03 bits per heavy atom. The summed E-state index contributed by atoms with van der Waals surface area (Å²) in [6, 6.07) is 0. The van der Waals surface area contributed by atoms with Crippen molar-refractivity contribution in [3.05, 3.63) is 23.3 Å². The SMILES string of the molecule is C/C(=C\[C@@H](C)C1CCC2C3CC=C4[C@H](C)[C@@H](O)CC[C@]4(C)C3CC[C@@]21C)[C@H](C)C(C)C. The van der Waals surface area contributed by atoms with Gasteiger partial charge in [0.05, 0.1) is 6.10 Å². The van der Waals surface area contributed by atoms with Crippen molar-refractivity contribution in [3.63, 3.8) is 0 Å². The van der Waals surface area contributed by atoms with E-state index in [0.29, 0.717) is 28.6 Å². The molecule has 3 saturated carbocycles. The summed E-state index contributed by atoms with van der Waals surface area (Å²) in [4.78, 5) is 0. The first-order valence-electron chi connectivity index (χ1n) is 13.6. The molecule has 4 aliphatic rings. The molecule has 0 saturated heterocycles. The Morgan fingerprint density at radius 3 is 2.42 bits per heavy atom. The number of rotatable bonds is 4. The maximum atomic E-state index is 10.5. The van der Waals surface area contributed by atoms with Crippen molar-refractivity contribution in [1.82, 2.24) is 0 Å². The van der Waals surface area contributed by atoms with E-state index in [1.165, 1.54) is 38.5 Å². The Balaban J connectivity index is 1.57. The van der Waals surface area contributed by atoms with Crippen LogP contribution in [-0.2, 0) is 0 Å². The second kappa shape index (κ2) is 8.34. The zero-order valence-electron chi connectivity index (χ0n) is 21.7. The number of aliphatic hydroxyl groups is 1. The Hall–Kier alpha value is -0.560. The molecule has 10 atom stereocenters. The van der Waals surface area contributed by atoms with Gasteiger partial charge in [0.2, 0.25) is 0 Å². The van der Waals surface area contributed by atoms with Crippen LogP contribution in [0.25, 0.3) is 0 Å². The molecule has 0 aromatic rings. The molecule has 4 unspecified atom stereocenters. The highest BCUT2D eigenvalue weighted by molar-refractivity contribution is 5.27. The second-order valence-electron chi connectivity index (χ2n) is 13.1. The highest BCUT2D eigenvalue weighted by atomic mass is 16.3. The monoisotopic (exact) mass is 426 g/mol. The van der Waals surface area contributed by atoms with Gasteiger partial charge in [-0.3, -0.25) is 0 Å². The zero-order valence-corrected chi connectivity index (χ0v) is 21.7. The quantitative estimate of drug-likeness (QED) is 0.451. The lowest BCUT2D eigenvalue weighted by atomic mass is 9.46. The molecule has 0 bridgehead atoms. The summed E-state index contributed by atoms with van der Waals surface area (Å²) in [5.74, 6) is 5.92. The molecule has 3 fully saturated rings. The summed E-state index contributed by atoms with van der Waals surface area (Å²) in [7, 11) is 0. The van der Waals surface area contributed by atoms with Crippen molar-refractivity contribution >= 4 is 0 Å². The van der Waals surface area contributed by atoms with Gasteiger partial charge in [-0.25, -0.2) is 0 Å². The van der Waals surface area contributed by atoms with Gasteiger partial charge in [-0.2, -0.15) is 0 Å². The fourth-order valence-electron chi connectivity index (χ4n) is 9.17. The van der Waals surface area contributed by atoms with E-state index in [0.717, 1.165) is 36.0 Å². The molecule has 4 rings (SSSR count). The van der Waals surface area contributed by atoms with Crippen molar-refractivity contribution in [1.29, 1.82) is 0 Å². The molecule has 31 heavy (non-hydrogen) atoms. The highest BCUT2D eigenvalue weighted by Crippen LogP contribution is 2.67. The molecule has 0 aliphatic heterocycles. The lowest BCUT2D eigenvalue weighted by Crippen LogP contribution is -2.52. The van der Waals surface area contributed by atoms with E-state index in [2.05, 4.69) is 67.5 Å². The molecule has 1 N–H and O–H groups in total. The molecule has 0 spiro atoms. The minimum atomic E-state index is -0.121. The van der Waals surface area contributed by atoms with Gasteiger partial charge < -0.3 is 5.11 Å². The van der Waals surface area contributed by atoms with Crippen LogP contribution in [0.3, 0.4) is 0 Å². The van der Waals surface area contributed by atoms with Crippen LogP contribution in [0.2, 0.25) is 0 Å². The zero-order chi connectivity index (χ0) is 22.7. The van der Waals surface area contributed by atoms with Gasteiger partial charge in [0, 0.05) is 5.92 Å². The predicted molar refractivity (Wildman–Crippen MR) is 133 cm³/mol. The summed E-state index contributed by atoms with van der Waals surface area (Å²) in [5, 5.41) is 10.5. The molecular formula is C30H50O. The van der Waals surface area contributed by atoms with Crippen LogP contribution in [0.4, 0.5) is 0 Å². The largest absolute Gasteiger partial charge is 0.393 e. The highest BCUT2D eigenvalue weighted by Gasteiger charge is 2.59. The fourth-order valence-corrected chi connectivity index (χ4v) is 9.17. The third kappa shape index (κ3) is 3.70. The van der Waals surface area contributed by atoms with Gasteiger partial charge >= 0.3 is 0 Å². The molecule has 1 heteroatoms. The third-order valence-electron chi connectivity index (χ3n) is 11.5. The summed E-state index contributed by atoms with van der Waals surface area (Å²) in [6.45, 7) is 19.5. The molecule has 0 aromatic heterocycles. The normalized spacial score (nSPS) is 47.3. The lowest BCUT2D eigenvalue weighted by molar-refractivity contribution is -0.0617. The van der Waals surface area contributed by atoms with E-state index in [9.17, 15) is 5.11 Å². The van der Waals surface area contributed by atoms with Crippen LogP contribution in [-0.4, -0.2) is 11.2 Å². The summed E-state index contributed by atoms with van der Waals surface area (Å²) < 4.78 is 0. The molecular weight excluding hydrogens is 376 g/mol. The van der Waals surface area contributed by atoms with E-state index >= 15 is 0 Å². The average Bonchev–Trinajstić information content (AvgIpc) is 3.07. The molecule has 1 nitrogen and oxygen atoms in total. The topological polar surface area (TPSA) is 20.2 Å². The molecule has 0 radical (unpaired) electrons. The van der Waals surface area contributed by atoms with Crippen LogP contribution in [0.5, 0.6) is 0 Å². The molecule has 4 aliphatic carbocycles. The van der Waals surface area contributed by atoms with Crippen LogP contribution < -0.4 is 0 Å².